The quantitative estimate of drug-likeness (QED) is 0.764. The van der Waals surface area contributed by atoms with Crippen LogP contribution in [0.15, 0.2) is 54.7 Å². The summed E-state index contributed by atoms with van der Waals surface area (Å²) in [6, 6.07) is 12.0. The Kier molecular flexibility index (Phi) is 6.34. The summed E-state index contributed by atoms with van der Waals surface area (Å²) in [6.07, 6.45) is 1.41. The second-order valence-electron chi connectivity index (χ2n) is 5.41. The number of allylic oxidation sites excluding steroid dienone is 2. The van der Waals surface area contributed by atoms with Crippen LogP contribution < -0.4 is 10.1 Å². The van der Waals surface area contributed by atoms with Gasteiger partial charge in [0.25, 0.3) is 0 Å². The highest BCUT2D eigenvalue weighted by atomic mass is 19.1. The molecule has 0 saturated heterocycles. The van der Waals surface area contributed by atoms with Gasteiger partial charge in [0.2, 0.25) is 0 Å². The molecule has 1 N–H and O–H groups in total. The number of hydrogen-bond acceptors (Lipinski definition) is 2. The molecule has 0 aliphatic carbocycles. The van der Waals surface area contributed by atoms with E-state index in [1.165, 1.54) is 19.2 Å². The van der Waals surface area contributed by atoms with Gasteiger partial charge < -0.3 is 10.1 Å². The van der Waals surface area contributed by atoms with Gasteiger partial charge in [-0.1, -0.05) is 50.8 Å². The van der Waals surface area contributed by atoms with Crippen molar-refractivity contribution < 1.29 is 13.5 Å². The monoisotopic (exact) mass is 343 g/mol. The summed E-state index contributed by atoms with van der Waals surface area (Å²) < 4.78 is 33.9. The lowest BCUT2D eigenvalue weighted by Gasteiger charge is -2.25. The standard InChI is InChI=1S/C19H17F2NO.C2H6/c1-12-8-9-15(13-6-4-3-5-7-13)19(22-12)18-16(20)10-14(23-2)11-17(18)21;1-2/h3-7,10-11,22H,1,8-9H2,2H3;1-2H3. The molecule has 0 spiro atoms. The van der Waals surface area contributed by atoms with Crippen LogP contribution in [0.3, 0.4) is 0 Å². The van der Waals surface area contributed by atoms with E-state index in [1.807, 2.05) is 44.2 Å². The number of benzene rings is 2. The lowest BCUT2D eigenvalue weighted by atomic mass is 9.91. The molecule has 0 bridgehead atoms. The van der Waals surface area contributed by atoms with Gasteiger partial charge in [0.15, 0.2) is 0 Å². The lowest BCUT2D eigenvalue weighted by molar-refractivity contribution is 0.406. The van der Waals surface area contributed by atoms with Gasteiger partial charge in [-0.05, 0) is 24.0 Å². The van der Waals surface area contributed by atoms with Gasteiger partial charge in [0, 0.05) is 17.8 Å². The van der Waals surface area contributed by atoms with Gasteiger partial charge in [-0.25, -0.2) is 8.78 Å². The van der Waals surface area contributed by atoms with Gasteiger partial charge in [0.05, 0.1) is 18.4 Å². The molecule has 132 valence electrons. The van der Waals surface area contributed by atoms with E-state index >= 15 is 0 Å². The molecule has 25 heavy (non-hydrogen) atoms. The summed E-state index contributed by atoms with van der Waals surface area (Å²) in [4.78, 5) is 0. The fourth-order valence-corrected chi connectivity index (χ4v) is 2.76. The summed E-state index contributed by atoms with van der Waals surface area (Å²) in [5.41, 5.74) is 2.92. The predicted molar refractivity (Wildman–Crippen MR) is 99.0 cm³/mol. The first-order chi connectivity index (χ1) is 12.1. The van der Waals surface area contributed by atoms with E-state index in [0.717, 1.165) is 23.3 Å². The first kappa shape index (κ1) is 18.7. The van der Waals surface area contributed by atoms with Crippen molar-refractivity contribution in [2.75, 3.05) is 7.11 Å². The van der Waals surface area contributed by atoms with Gasteiger partial charge in [-0.2, -0.15) is 0 Å². The number of halogens is 2. The Morgan fingerprint density at radius 3 is 2.16 bits per heavy atom. The Morgan fingerprint density at radius 2 is 1.60 bits per heavy atom. The predicted octanol–water partition coefficient (Wildman–Crippen LogP) is 5.77. The van der Waals surface area contributed by atoms with Crippen LogP contribution in [0.2, 0.25) is 0 Å². The third-order valence-electron chi connectivity index (χ3n) is 3.90. The summed E-state index contributed by atoms with van der Waals surface area (Å²) in [7, 11) is 1.38. The van der Waals surface area contributed by atoms with Crippen LogP contribution in [-0.4, -0.2) is 7.11 Å². The van der Waals surface area contributed by atoms with Crippen LogP contribution in [0.25, 0.3) is 11.3 Å². The third kappa shape index (κ3) is 4.08. The Morgan fingerprint density at radius 1 is 1.00 bits per heavy atom. The van der Waals surface area contributed by atoms with E-state index in [2.05, 4.69) is 11.9 Å². The first-order valence-corrected chi connectivity index (χ1v) is 8.37. The average molecular weight is 343 g/mol. The number of hydrogen-bond donors (Lipinski definition) is 1. The number of nitrogens with one attached hydrogen (secondary N) is 1. The molecule has 0 saturated carbocycles. The summed E-state index contributed by atoms with van der Waals surface area (Å²) >= 11 is 0. The summed E-state index contributed by atoms with van der Waals surface area (Å²) in [5.74, 6) is -1.17. The van der Waals surface area contributed by atoms with Gasteiger partial charge in [-0.3, -0.25) is 0 Å². The van der Waals surface area contributed by atoms with Crippen molar-refractivity contribution in [1.82, 2.24) is 5.32 Å². The minimum absolute atomic E-state index is 0.0782. The molecule has 0 atom stereocenters. The van der Waals surface area contributed by atoms with Crippen molar-refractivity contribution in [2.24, 2.45) is 0 Å². The molecule has 3 rings (SSSR count). The van der Waals surface area contributed by atoms with Crippen molar-refractivity contribution in [3.63, 3.8) is 0 Å². The Bertz CT molecular complexity index is 759. The third-order valence-corrected chi connectivity index (χ3v) is 3.90. The van der Waals surface area contributed by atoms with Crippen molar-refractivity contribution >= 4 is 11.3 Å². The lowest BCUT2D eigenvalue weighted by Crippen LogP contribution is -2.19. The van der Waals surface area contributed by atoms with E-state index in [-0.39, 0.29) is 11.3 Å². The van der Waals surface area contributed by atoms with E-state index in [0.29, 0.717) is 12.1 Å². The molecule has 4 heteroatoms. The molecule has 0 fully saturated rings. The van der Waals surface area contributed by atoms with Crippen LogP contribution >= 0.6 is 0 Å². The largest absolute Gasteiger partial charge is 0.497 e. The second kappa shape index (κ2) is 8.47. The van der Waals surface area contributed by atoms with Crippen LogP contribution in [0, 0.1) is 11.6 Å². The fourth-order valence-electron chi connectivity index (χ4n) is 2.76. The molecule has 0 aromatic heterocycles. The van der Waals surface area contributed by atoms with Gasteiger partial charge >= 0.3 is 0 Å². The molecular weight excluding hydrogens is 320 g/mol. The van der Waals surface area contributed by atoms with Crippen molar-refractivity contribution in [2.45, 2.75) is 26.7 Å². The highest BCUT2D eigenvalue weighted by Crippen LogP contribution is 2.36. The number of ether oxygens (including phenoxy) is 1. The smallest absolute Gasteiger partial charge is 0.139 e. The molecule has 1 aliphatic heterocycles. The van der Waals surface area contributed by atoms with Gasteiger partial charge in [0.1, 0.15) is 17.4 Å². The van der Waals surface area contributed by atoms with Gasteiger partial charge in [-0.15, -0.1) is 0 Å². The highest BCUT2D eigenvalue weighted by molar-refractivity contribution is 5.92. The van der Waals surface area contributed by atoms with E-state index in [4.69, 9.17) is 4.74 Å². The van der Waals surface area contributed by atoms with Crippen LogP contribution in [0.1, 0.15) is 37.8 Å². The Labute approximate surface area is 147 Å². The van der Waals surface area contributed by atoms with E-state index < -0.39 is 11.6 Å². The zero-order valence-corrected chi connectivity index (χ0v) is 14.8. The maximum atomic E-state index is 14.5. The molecule has 0 radical (unpaired) electrons. The average Bonchev–Trinajstić information content (AvgIpc) is 2.63. The van der Waals surface area contributed by atoms with Crippen LogP contribution in [-0.2, 0) is 0 Å². The fraction of sp³-hybridized carbons (Fsp3) is 0.238. The molecule has 0 amide bonds. The SMILES string of the molecule is C=C1CCC(c2ccccc2)=C(c2c(F)cc(OC)cc2F)N1.CC. The summed E-state index contributed by atoms with van der Waals surface area (Å²) in [5, 5.41) is 3.06. The molecular formula is C21H23F2NO. The van der Waals surface area contributed by atoms with E-state index in [9.17, 15) is 8.78 Å². The maximum Gasteiger partial charge on any atom is 0.139 e. The maximum absolute atomic E-state index is 14.5. The molecule has 2 nitrogen and oxygen atoms in total. The molecule has 1 aliphatic rings. The molecule has 2 aromatic carbocycles. The Balaban J connectivity index is 0.00000109. The van der Waals surface area contributed by atoms with Crippen molar-refractivity contribution in [1.29, 1.82) is 0 Å². The van der Waals surface area contributed by atoms with E-state index in [1.54, 1.807) is 0 Å². The highest BCUT2D eigenvalue weighted by Gasteiger charge is 2.23. The van der Waals surface area contributed by atoms with Crippen molar-refractivity contribution in [3.05, 3.63) is 77.5 Å². The minimum Gasteiger partial charge on any atom is -0.497 e. The topological polar surface area (TPSA) is 21.3 Å². The normalized spacial score (nSPS) is 13.7. The minimum atomic E-state index is -0.660. The zero-order chi connectivity index (χ0) is 18.4. The molecule has 0 unspecified atom stereocenters. The second-order valence-corrected chi connectivity index (χ2v) is 5.41. The van der Waals surface area contributed by atoms with Crippen molar-refractivity contribution in [3.8, 4) is 5.75 Å². The number of rotatable bonds is 3. The van der Waals surface area contributed by atoms with Crippen LogP contribution in [0.4, 0.5) is 8.78 Å². The summed E-state index contributed by atoms with van der Waals surface area (Å²) in [6.45, 7) is 7.90. The molecule has 1 heterocycles. The van der Waals surface area contributed by atoms with Crippen LogP contribution in [0.5, 0.6) is 5.75 Å². The Hall–Kier alpha value is -2.62. The molecule has 2 aromatic rings. The number of methoxy groups -OCH3 is 1. The first-order valence-electron chi connectivity index (χ1n) is 8.37. The zero-order valence-electron chi connectivity index (χ0n) is 14.8.